The fraction of sp³-hybridized carbons (Fsp3) is 0.364. The minimum absolute atomic E-state index is 0.579. The normalized spacial score (nSPS) is 12.5. The van der Waals surface area contributed by atoms with E-state index in [-0.39, 0.29) is 0 Å². The van der Waals surface area contributed by atoms with Gasteiger partial charge >= 0.3 is 0 Å². The number of hydrogen-bond donors (Lipinski definition) is 1. The zero-order valence-electron chi connectivity index (χ0n) is 10.00. The molecule has 2 heterocycles. The van der Waals surface area contributed by atoms with Gasteiger partial charge in [0.1, 0.15) is 0 Å². The van der Waals surface area contributed by atoms with Crippen molar-refractivity contribution >= 4 is 23.0 Å². The number of rotatable bonds is 5. The van der Waals surface area contributed by atoms with Crippen molar-refractivity contribution in [1.29, 1.82) is 0 Å². The number of H-pyrrole nitrogens is 1. The first-order valence-electron chi connectivity index (χ1n) is 5.54. The number of nitrogens with zero attached hydrogens (tertiary/aromatic N) is 3. The Morgan fingerprint density at radius 3 is 3.06 bits per heavy atom. The van der Waals surface area contributed by atoms with E-state index < -0.39 is 10.8 Å². The SMILES string of the molecule is CS(=O)CCCn1c(-c2cccnc2)n[nH]c1=S. The van der Waals surface area contributed by atoms with Gasteiger partial charge < -0.3 is 4.57 Å². The van der Waals surface area contributed by atoms with Crippen molar-refractivity contribution in [3.8, 4) is 11.4 Å². The molecule has 5 nitrogen and oxygen atoms in total. The van der Waals surface area contributed by atoms with Gasteiger partial charge in [-0.3, -0.25) is 14.3 Å². The highest BCUT2D eigenvalue weighted by Crippen LogP contribution is 2.15. The van der Waals surface area contributed by atoms with Crippen molar-refractivity contribution in [2.45, 2.75) is 13.0 Å². The van der Waals surface area contributed by atoms with E-state index in [0.29, 0.717) is 17.1 Å². The fourth-order valence-corrected chi connectivity index (χ4v) is 2.43. The van der Waals surface area contributed by atoms with Gasteiger partial charge in [-0.1, -0.05) is 0 Å². The van der Waals surface area contributed by atoms with Crippen LogP contribution in [-0.4, -0.2) is 36.0 Å². The molecule has 0 bridgehead atoms. The molecule has 2 rings (SSSR count). The van der Waals surface area contributed by atoms with Gasteiger partial charge in [0.05, 0.1) is 0 Å². The van der Waals surface area contributed by atoms with E-state index in [4.69, 9.17) is 12.2 Å². The maximum absolute atomic E-state index is 11.1. The predicted molar refractivity (Wildman–Crippen MR) is 74.2 cm³/mol. The molecule has 0 aliphatic heterocycles. The summed E-state index contributed by atoms with van der Waals surface area (Å²) in [5, 5.41) is 7.00. The van der Waals surface area contributed by atoms with E-state index in [1.165, 1.54) is 0 Å². The van der Waals surface area contributed by atoms with E-state index >= 15 is 0 Å². The van der Waals surface area contributed by atoms with E-state index in [9.17, 15) is 4.21 Å². The lowest BCUT2D eigenvalue weighted by Gasteiger charge is -2.05. The highest BCUT2D eigenvalue weighted by atomic mass is 32.2. The van der Waals surface area contributed by atoms with Crippen LogP contribution >= 0.6 is 12.2 Å². The molecule has 0 saturated heterocycles. The molecule has 1 atom stereocenters. The third kappa shape index (κ3) is 3.11. The Labute approximate surface area is 113 Å². The Bertz CT molecular complexity index is 591. The molecule has 2 aromatic heterocycles. The molecule has 0 aliphatic carbocycles. The van der Waals surface area contributed by atoms with Crippen molar-refractivity contribution in [3.63, 3.8) is 0 Å². The number of nitrogens with one attached hydrogen (secondary N) is 1. The molecule has 0 aliphatic rings. The minimum atomic E-state index is -0.775. The summed E-state index contributed by atoms with van der Waals surface area (Å²) in [6, 6.07) is 3.80. The number of aromatic amines is 1. The quantitative estimate of drug-likeness (QED) is 0.849. The molecule has 0 radical (unpaired) electrons. The molecule has 0 saturated carbocycles. The molecular weight excluding hydrogens is 268 g/mol. The predicted octanol–water partition coefficient (Wildman–Crippen LogP) is 1.77. The third-order valence-corrected chi connectivity index (χ3v) is 3.67. The van der Waals surface area contributed by atoms with Crippen LogP contribution in [0.1, 0.15) is 6.42 Å². The molecule has 0 spiro atoms. The Balaban J connectivity index is 2.22. The second-order valence-electron chi connectivity index (χ2n) is 3.88. The van der Waals surface area contributed by atoms with Crippen molar-refractivity contribution in [1.82, 2.24) is 19.7 Å². The Hall–Kier alpha value is -1.34. The molecule has 96 valence electrons. The first-order valence-corrected chi connectivity index (χ1v) is 7.67. The number of pyridine rings is 1. The molecule has 1 N–H and O–H groups in total. The summed E-state index contributed by atoms with van der Waals surface area (Å²) < 4.78 is 13.5. The van der Waals surface area contributed by atoms with Gasteiger partial charge in [-0.05, 0) is 30.8 Å². The summed E-state index contributed by atoms with van der Waals surface area (Å²) in [6.45, 7) is 0.707. The Morgan fingerprint density at radius 1 is 1.56 bits per heavy atom. The summed E-state index contributed by atoms with van der Waals surface area (Å²) >= 11 is 5.20. The van der Waals surface area contributed by atoms with Crippen LogP contribution in [0.3, 0.4) is 0 Å². The van der Waals surface area contributed by atoms with Crippen LogP contribution in [0.4, 0.5) is 0 Å². The van der Waals surface area contributed by atoms with Crippen LogP contribution in [0.2, 0.25) is 0 Å². The van der Waals surface area contributed by atoms with Gasteiger partial charge in [0, 0.05) is 47.3 Å². The molecule has 1 unspecified atom stereocenters. The van der Waals surface area contributed by atoms with E-state index in [0.717, 1.165) is 17.8 Å². The lowest BCUT2D eigenvalue weighted by molar-refractivity contribution is 0.658. The van der Waals surface area contributed by atoms with Crippen LogP contribution in [-0.2, 0) is 17.3 Å². The van der Waals surface area contributed by atoms with Gasteiger partial charge in [-0.25, -0.2) is 0 Å². The highest BCUT2D eigenvalue weighted by molar-refractivity contribution is 7.84. The van der Waals surface area contributed by atoms with Gasteiger partial charge in [0.15, 0.2) is 10.6 Å². The molecule has 0 aromatic carbocycles. The lowest BCUT2D eigenvalue weighted by Crippen LogP contribution is -2.05. The average molecular weight is 282 g/mol. The summed E-state index contributed by atoms with van der Waals surface area (Å²) in [6.07, 6.45) is 5.98. The maximum atomic E-state index is 11.1. The molecule has 0 fully saturated rings. The van der Waals surface area contributed by atoms with Gasteiger partial charge in [0.25, 0.3) is 0 Å². The van der Waals surface area contributed by atoms with Crippen molar-refractivity contribution in [2.75, 3.05) is 12.0 Å². The smallest absolute Gasteiger partial charge is 0.195 e. The lowest BCUT2D eigenvalue weighted by atomic mass is 10.2. The van der Waals surface area contributed by atoms with Gasteiger partial charge in [-0.15, -0.1) is 0 Å². The average Bonchev–Trinajstić information content (AvgIpc) is 2.72. The summed E-state index contributed by atoms with van der Waals surface area (Å²) in [7, 11) is -0.775. The van der Waals surface area contributed by atoms with E-state index in [1.54, 1.807) is 18.6 Å². The Morgan fingerprint density at radius 2 is 2.39 bits per heavy atom. The summed E-state index contributed by atoms with van der Waals surface area (Å²) in [4.78, 5) is 4.07. The zero-order chi connectivity index (χ0) is 13.0. The third-order valence-electron chi connectivity index (χ3n) is 2.49. The molecular formula is C11H14N4OS2. The van der Waals surface area contributed by atoms with E-state index in [1.807, 2.05) is 16.7 Å². The molecule has 7 heteroatoms. The molecule has 2 aromatic rings. The number of aromatic nitrogens is 4. The van der Waals surface area contributed by atoms with Gasteiger partial charge in [0.2, 0.25) is 0 Å². The zero-order valence-corrected chi connectivity index (χ0v) is 11.6. The molecule has 0 amide bonds. The topological polar surface area (TPSA) is 63.6 Å². The fourth-order valence-electron chi connectivity index (χ4n) is 1.67. The van der Waals surface area contributed by atoms with Crippen LogP contribution in [0.5, 0.6) is 0 Å². The molecule has 18 heavy (non-hydrogen) atoms. The number of hydrogen-bond acceptors (Lipinski definition) is 4. The second kappa shape index (κ2) is 6.01. The Kier molecular flexibility index (Phi) is 4.38. The first-order chi connectivity index (χ1) is 8.68. The largest absolute Gasteiger partial charge is 0.300 e. The van der Waals surface area contributed by atoms with Crippen molar-refractivity contribution < 1.29 is 4.21 Å². The van der Waals surface area contributed by atoms with Crippen LogP contribution in [0.25, 0.3) is 11.4 Å². The van der Waals surface area contributed by atoms with Crippen LogP contribution in [0.15, 0.2) is 24.5 Å². The summed E-state index contributed by atoms with van der Waals surface area (Å²) in [5.41, 5.74) is 0.919. The van der Waals surface area contributed by atoms with Crippen LogP contribution in [0, 0.1) is 4.77 Å². The maximum Gasteiger partial charge on any atom is 0.195 e. The highest BCUT2D eigenvalue weighted by Gasteiger charge is 2.08. The monoisotopic (exact) mass is 282 g/mol. The van der Waals surface area contributed by atoms with Crippen molar-refractivity contribution in [2.24, 2.45) is 0 Å². The summed E-state index contributed by atoms with van der Waals surface area (Å²) in [5.74, 6) is 1.44. The first kappa shape index (κ1) is 13.1. The van der Waals surface area contributed by atoms with Crippen LogP contribution < -0.4 is 0 Å². The second-order valence-corrected chi connectivity index (χ2v) is 5.82. The van der Waals surface area contributed by atoms with Gasteiger partial charge in [-0.2, -0.15) is 5.10 Å². The minimum Gasteiger partial charge on any atom is -0.300 e. The van der Waals surface area contributed by atoms with E-state index in [2.05, 4.69) is 15.2 Å². The van der Waals surface area contributed by atoms with Crippen molar-refractivity contribution in [3.05, 3.63) is 29.3 Å². The standard InChI is InChI=1S/C11H14N4OS2/c1-18(16)7-3-6-15-10(13-14-11(15)17)9-4-2-5-12-8-9/h2,4-5,8H,3,6-7H2,1H3,(H,14,17).